The maximum Gasteiger partial charge on any atom is 0.333 e. The van der Waals surface area contributed by atoms with Crippen molar-refractivity contribution in [3.63, 3.8) is 0 Å². The first-order valence-corrected chi connectivity index (χ1v) is 9.68. The summed E-state index contributed by atoms with van der Waals surface area (Å²) >= 11 is 9.95. The van der Waals surface area contributed by atoms with Gasteiger partial charge in [0.1, 0.15) is 4.32 Å². The van der Waals surface area contributed by atoms with Gasteiger partial charge in [-0.3, -0.25) is 9.69 Å². The molecule has 26 heavy (non-hydrogen) atoms. The minimum Gasteiger partial charge on any atom is -0.467 e. The molecule has 0 radical (unpaired) electrons. The number of thiocarbonyl (C=S) groups is 1. The highest BCUT2D eigenvalue weighted by atomic mass is 79.9. The van der Waals surface area contributed by atoms with Crippen LogP contribution in [0.5, 0.6) is 0 Å². The molecular weight excluding hydrogens is 434 g/mol. The molecule has 0 saturated carbocycles. The number of methoxy groups -OCH3 is 1. The lowest BCUT2D eigenvalue weighted by molar-refractivity contribution is -0.148. The van der Waals surface area contributed by atoms with Crippen LogP contribution in [0.15, 0.2) is 64.0 Å². The van der Waals surface area contributed by atoms with E-state index in [1.165, 1.54) is 23.8 Å². The topological polar surface area (TPSA) is 46.6 Å². The third kappa shape index (κ3) is 3.90. The molecule has 2 aromatic carbocycles. The molecule has 132 valence electrons. The second-order valence-electron chi connectivity index (χ2n) is 5.44. The van der Waals surface area contributed by atoms with E-state index in [0.717, 1.165) is 10.0 Å². The second kappa shape index (κ2) is 8.16. The van der Waals surface area contributed by atoms with Crippen LogP contribution < -0.4 is 0 Å². The summed E-state index contributed by atoms with van der Waals surface area (Å²) in [6.45, 7) is 0. The number of nitrogens with zero attached hydrogens (tertiary/aromatic N) is 1. The van der Waals surface area contributed by atoms with Crippen molar-refractivity contribution in [3.8, 4) is 0 Å². The van der Waals surface area contributed by atoms with Crippen LogP contribution in [0, 0.1) is 0 Å². The number of rotatable bonds is 4. The van der Waals surface area contributed by atoms with Gasteiger partial charge in [0.2, 0.25) is 0 Å². The standard InChI is InChI=1S/C19H14BrNO3S2/c1-24-18(23)16(13-5-3-2-4-6-13)21-17(22)15(26-19(21)25)11-12-7-9-14(20)10-8-12/h2-11,16H,1H3/b15-11+. The number of carbonyl (C=O) groups is 2. The molecule has 1 aliphatic rings. The normalized spacial score (nSPS) is 16.8. The van der Waals surface area contributed by atoms with E-state index in [4.69, 9.17) is 17.0 Å². The van der Waals surface area contributed by atoms with Gasteiger partial charge in [-0.2, -0.15) is 0 Å². The smallest absolute Gasteiger partial charge is 0.333 e. The van der Waals surface area contributed by atoms with Crippen LogP contribution in [0.1, 0.15) is 17.2 Å². The monoisotopic (exact) mass is 447 g/mol. The van der Waals surface area contributed by atoms with E-state index in [9.17, 15) is 9.59 Å². The fraction of sp³-hybridized carbons (Fsp3) is 0.105. The summed E-state index contributed by atoms with van der Waals surface area (Å²) in [5.41, 5.74) is 1.53. The molecule has 1 heterocycles. The highest BCUT2D eigenvalue weighted by Crippen LogP contribution is 2.38. The summed E-state index contributed by atoms with van der Waals surface area (Å²) in [4.78, 5) is 27.1. The van der Waals surface area contributed by atoms with Crippen LogP contribution >= 0.6 is 39.9 Å². The lowest BCUT2D eigenvalue weighted by atomic mass is 10.1. The Kier molecular flexibility index (Phi) is 5.90. The summed E-state index contributed by atoms with van der Waals surface area (Å²) in [5.74, 6) is -0.834. The van der Waals surface area contributed by atoms with Crippen molar-refractivity contribution in [3.05, 3.63) is 75.1 Å². The number of amides is 1. The largest absolute Gasteiger partial charge is 0.467 e. The zero-order valence-corrected chi connectivity index (χ0v) is 16.9. The number of benzene rings is 2. The van der Waals surface area contributed by atoms with Crippen molar-refractivity contribution >= 4 is 62.2 Å². The van der Waals surface area contributed by atoms with E-state index in [-0.39, 0.29) is 5.91 Å². The van der Waals surface area contributed by atoms with E-state index in [1.54, 1.807) is 30.3 Å². The van der Waals surface area contributed by atoms with Gasteiger partial charge < -0.3 is 4.74 Å². The van der Waals surface area contributed by atoms with Crippen molar-refractivity contribution in [1.82, 2.24) is 4.90 Å². The minimum atomic E-state index is -0.899. The number of hydrogen-bond acceptors (Lipinski definition) is 5. The molecule has 1 aliphatic heterocycles. The summed E-state index contributed by atoms with van der Waals surface area (Å²) in [7, 11) is 1.30. The molecule has 1 amide bonds. The van der Waals surface area contributed by atoms with Gasteiger partial charge in [-0.25, -0.2) is 4.79 Å². The molecule has 1 saturated heterocycles. The van der Waals surface area contributed by atoms with E-state index < -0.39 is 12.0 Å². The molecule has 0 bridgehead atoms. The van der Waals surface area contributed by atoms with E-state index in [0.29, 0.717) is 14.8 Å². The number of esters is 1. The Morgan fingerprint density at radius 1 is 1.19 bits per heavy atom. The lowest BCUT2D eigenvalue weighted by Gasteiger charge is -2.24. The third-order valence-electron chi connectivity index (χ3n) is 3.79. The predicted molar refractivity (Wildman–Crippen MR) is 110 cm³/mol. The Morgan fingerprint density at radius 3 is 2.46 bits per heavy atom. The molecule has 1 atom stereocenters. The van der Waals surface area contributed by atoms with Gasteiger partial charge in [0.15, 0.2) is 6.04 Å². The van der Waals surface area contributed by atoms with Crippen molar-refractivity contribution in [2.75, 3.05) is 7.11 Å². The minimum absolute atomic E-state index is 0.304. The quantitative estimate of drug-likeness (QED) is 0.390. The van der Waals surface area contributed by atoms with Gasteiger partial charge in [0.25, 0.3) is 5.91 Å². The SMILES string of the molecule is COC(=O)C(c1ccccc1)N1C(=O)/C(=C\c2ccc(Br)cc2)SC1=S. The maximum atomic E-state index is 13.0. The number of ether oxygens (including phenoxy) is 1. The van der Waals surface area contributed by atoms with Crippen molar-refractivity contribution < 1.29 is 14.3 Å². The zero-order valence-electron chi connectivity index (χ0n) is 13.7. The van der Waals surface area contributed by atoms with Gasteiger partial charge in [0.05, 0.1) is 12.0 Å². The summed E-state index contributed by atoms with van der Waals surface area (Å²) in [6, 6.07) is 15.7. The summed E-state index contributed by atoms with van der Waals surface area (Å²) < 4.78 is 6.20. The van der Waals surface area contributed by atoms with Crippen molar-refractivity contribution in [2.45, 2.75) is 6.04 Å². The fourth-order valence-corrected chi connectivity index (χ4v) is 4.13. The zero-order chi connectivity index (χ0) is 18.7. The second-order valence-corrected chi connectivity index (χ2v) is 8.03. The van der Waals surface area contributed by atoms with Crippen molar-refractivity contribution in [1.29, 1.82) is 0 Å². The van der Waals surface area contributed by atoms with Crippen LogP contribution in [0.4, 0.5) is 0 Å². The first-order valence-electron chi connectivity index (χ1n) is 7.66. The van der Waals surface area contributed by atoms with E-state index in [1.807, 2.05) is 30.3 Å². The Bertz CT molecular complexity index is 881. The summed E-state index contributed by atoms with van der Waals surface area (Å²) in [6.07, 6.45) is 1.77. The van der Waals surface area contributed by atoms with Crippen LogP contribution in [0.2, 0.25) is 0 Å². The molecule has 0 spiro atoms. The molecular formula is C19H14BrNO3S2. The molecule has 3 rings (SSSR count). The van der Waals surface area contributed by atoms with Crippen LogP contribution in [-0.4, -0.2) is 28.2 Å². The van der Waals surface area contributed by atoms with Gasteiger partial charge in [-0.1, -0.05) is 82.4 Å². The number of thioether (sulfide) groups is 1. The highest BCUT2D eigenvalue weighted by Gasteiger charge is 2.41. The van der Waals surface area contributed by atoms with Gasteiger partial charge in [0, 0.05) is 4.47 Å². The Balaban J connectivity index is 1.96. The molecule has 0 N–H and O–H groups in total. The Hall–Kier alpha value is -1.96. The van der Waals surface area contributed by atoms with Crippen LogP contribution in [0.3, 0.4) is 0 Å². The lowest BCUT2D eigenvalue weighted by Crippen LogP contribution is -2.37. The number of carbonyl (C=O) groups excluding carboxylic acids is 2. The molecule has 7 heteroatoms. The van der Waals surface area contributed by atoms with Gasteiger partial charge >= 0.3 is 5.97 Å². The highest BCUT2D eigenvalue weighted by molar-refractivity contribution is 9.10. The maximum absolute atomic E-state index is 13.0. The molecule has 2 aromatic rings. The Labute approximate surface area is 169 Å². The van der Waals surface area contributed by atoms with Crippen LogP contribution in [-0.2, 0) is 14.3 Å². The van der Waals surface area contributed by atoms with Crippen LogP contribution in [0.25, 0.3) is 6.08 Å². The average molecular weight is 448 g/mol. The molecule has 0 aliphatic carbocycles. The predicted octanol–water partition coefficient (Wildman–Crippen LogP) is 4.56. The number of halogens is 1. The Morgan fingerprint density at radius 2 is 1.85 bits per heavy atom. The average Bonchev–Trinajstić information content (AvgIpc) is 2.92. The molecule has 1 fully saturated rings. The number of hydrogen-bond donors (Lipinski definition) is 0. The van der Waals surface area contributed by atoms with Gasteiger partial charge in [-0.15, -0.1) is 0 Å². The first kappa shape index (κ1) is 18.8. The third-order valence-corrected chi connectivity index (χ3v) is 5.65. The molecule has 1 unspecified atom stereocenters. The van der Waals surface area contributed by atoms with E-state index >= 15 is 0 Å². The molecule has 4 nitrogen and oxygen atoms in total. The summed E-state index contributed by atoms with van der Waals surface area (Å²) in [5, 5.41) is 0. The fourth-order valence-electron chi connectivity index (χ4n) is 2.55. The first-order chi connectivity index (χ1) is 12.5. The van der Waals surface area contributed by atoms with Gasteiger partial charge in [-0.05, 0) is 29.3 Å². The van der Waals surface area contributed by atoms with Crippen molar-refractivity contribution in [2.24, 2.45) is 0 Å². The van der Waals surface area contributed by atoms with E-state index in [2.05, 4.69) is 15.9 Å². The molecule has 0 aromatic heterocycles.